The van der Waals surface area contributed by atoms with Gasteiger partial charge < -0.3 is 4.57 Å². The lowest BCUT2D eigenvalue weighted by Crippen LogP contribution is -2.29. The van der Waals surface area contributed by atoms with Gasteiger partial charge in [-0.3, -0.25) is 4.57 Å². The Labute approximate surface area is 319 Å². The van der Waals surface area contributed by atoms with Gasteiger partial charge in [-0.1, -0.05) is 170 Å². The van der Waals surface area contributed by atoms with Crippen LogP contribution in [0, 0.1) is 0 Å². The zero-order chi connectivity index (χ0) is 36.3. The third kappa shape index (κ3) is 4.65. The smallest absolute Gasteiger partial charge is 0.168 e. The maximum absolute atomic E-state index is 4.82. The summed E-state index contributed by atoms with van der Waals surface area (Å²) in [6.45, 7) is 0. The number of nitrogens with zero attached hydrogens (tertiary/aromatic N) is 4. The fourth-order valence-corrected chi connectivity index (χ4v) is 9.02. The van der Waals surface area contributed by atoms with E-state index in [-0.39, 0.29) is 0 Å². The Balaban J connectivity index is 1.22. The van der Waals surface area contributed by atoms with Gasteiger partial charge in [0.15, 0.2) is 11.6 Å². The highest BCUT2D eigenvalue weighted by atomic mass is 15.3. The fraction of sp³-hybridized carbons (Fsp3) is 0.0196. The molecule has 0 unspecified atom stereocenters. The average Bonchev–Trinajstić information content (AvgIpc) is 3.94. The summed E-state index contributed by atoms with van der Waals surface area (Å²) in [5.41, 5.74) is 13.3. The van der Waals surface area contributed by atoms with Crippen LogP contribution in [0.4, 0.5) is 0 Å². The van der Waals surface area contributed by atoms with Crippen molar-refractivity contribution in [1.29, 1.82) is 0 Å². The van der Waals surface area contributed by atoms with Crippen LogP contribution >= 0.6 is 0 Å². The van der Waals surface area contributed by atoms with Crippen molar-refractivity contribution >= 4 is 21.8 Å². The van der Waals surface area contributed by atoms with Gasteiger partial charge in [-0.25, -0.2) is 0 Å². The van der Waals surface area contributed by atoms with Crippen LogP contribution in [0.1, 0.15) is 22.3 Å². The number of fused-ring (bicyclic) bond motifs is 6. The van der Waals surface area contributed by atoms with Crippen LogP contribution in [0.5, 0.6) is 0 Å². The second kappa shape index (κ2) is 12.4. The average molecular weight is 703 g/mol. The molecule has 0 fully saturated rings. The maximum Gasteiger partial charge on any atom is 0.168 e. The maximum atomic E-state index is 4.82. The van der Waals surface area contributed by atoms with Crippen molar-refractivity contribution < 1.29 is 0 Å². The largest absolute Gasteiger partial charge is 0.309 e. The molecule has 0 bridgehead atoms. The minimum absolute atomic E-state index is 0.619. The first kappa shape index (κ1) is 31.2. The van der Waals surface area contributed by atoms with Gasteiger partial charge in [0.25, 0.3) is 0 Å². The third-order valence-corrected chi connectivity index (χ3v) is 11.3. The van der Waals surface area contributed by atoms with Crippen molar-refractivity contribution in [3.63, 3.8) is 0 Å². The van der Waals surface area contributed by atoms with Gasteiger partial charge in [-0.05, 0) is 69.8 Å². The van der Waals surface area contributed by atoms with Crippen LogP contribution in [0.25, 0.3) is 67.1 Å². The minimum atomic E-state index is -0.619. The highest BCUT2D eigenvalue weighted by molar-refractivity contribution is 6.09. The van der Waals surface area contributed by atoms with E-state index in [2.05, 4.69) is 203 Å². The molecule has 0 amide bonds. The second-order valence-corrected chi connectivity index (χ2v) is 14.2. The first-order valence-corrected chi connectivity index (χ1v) is 18.8. The van der Waals surface area contributed by atoms with Crippen LogP contribution < -0.4 is 0 Å². The summed E-state index contributed by atoms with van der Waals surface area (Å²) in [6, 6.07) is 74.2. The van der Waals surface area contributed by atoms with Crippen LogP contribution in [-0.2, 0) is 5.41 Å². The Kier molecular flexibility index (Phi) is 7.04. The first-order valence-electron chi connectivity index (χ1n) is 18.8. The van der Waals surface area contributed by atoms with E-state index < -0.39 is 5.41 Å². The zero-order valence-corrected chi connectivity index (χ0v) is 29.9. The molecule has 258 valence electrons. The van der Waals surface area contributed by atoms with E-state index in [1.807, 2.05) is 12.1 Å². The molecule has 55 heavy (non-hydrogen) atoms. The molecule has 4 nitrogen and oxygen atoms in total. The molecule has 0 spiro atoms. The highest BCUT2D eigenvalue weighted by Gasteiger charge is 2.46. The Morgan fingerprint density at radius 3 is 1.18 bits per heavy atom. The van der Waals surface area contributed by atoms with Gasteiger partial charge in [-0.15, -0.1) is 10.2 Å². The first-order chi connectivity index (χ1) is 27.3. The topological polar surface area (TPSA) is 35.6 Å². The molecule has 0 radical (unpaired) electrons. The number of hydrogen-bond acceptors (Lipinski definition) is 2. The summed E-state index contributed by atoms with van der Waals surface area (Å²) < 4.78 is 4.65. The van der Waals surface area contributed by atoms with Crippen molar-refractivity contribution in [2.24, 2.45) is 0 Å². The molecule has 2 heterocycles. The van der Waals surface area contributed by atoms with Gasteiger partial charge in [0.1, 0.15) is 0 Å². The Morgan fingerprint density at radius 2 is 0.727 bits per heavy atom. The molecule has 2 aromatic heterocycles. The number of rotatable bonds is 6. The van der Waals surface area contributed by atoms with Gasteiger partial charge >= 0.3 is 0 Å². The Bertz CT molecular complexity index is 2870. The van der Waals surface area contributed by atoms with Crippen molar-refractivity contribution in [3.8, 4) is 45.3 Å². The summed E-state index contributed by atoms with van der Waals surface area (Å²) in [5.74, 6) is 1.60. The molecular weight excluding hydrogens is 669 g/mol. The van der Waals surface area contributed by atoms with E-state index in [9.17, 15) is 0 Å². The molecule has 10 aromatic rings. The molecule has 0 saturated carbocycles. The van der Waals surface area contributed by atoms with E-state index in [4.69, 9.17) is 10.2 Å². The van der Waals surface area contributed by atoms with E-state index in [1.54, 1.807) is 0 Å². The molecular formula is C51H34N4. The van der Waals surface area contributed by atoms with Crippen LogP contribution in [-0.4, -0.2) is 19.3 Å². The van der Waals surface area contributed by atoms with Crippen molar-refractivity contribution in [2.75, 3.05) is 0 Å². The molecule has 11 rings (SSSR count). The van der Waals surface area contributed by atoms with Crippen molar-refractivity contribution in [2.45, 2.75) is 5.41 Å². The lowest BCUT2D eigenvalue weighted by atomic mass is 9.67. The second-order valence-electron chi connectivity index (χ2n) is 14.2. The minimum Gasteiger partial charge on any atom is -0.309 e. The standard InChI is InChI=1S/C51H34N4/c1-5-17-35(18-6-1)49-52-53-50(36-19-7-2-8-20-36)55(49)40-30-32-42-41-31-29-39(54-47-27-15-13-25-43(47)44-26-14-16-28-48(44)54)33-45(41)51(46(42)34-40,37-21-9-3-10-22-37)38-23-11-4-12-24-38/h1-34H. The van der Waals surface area contributed by atoms with Gasteiger partial charge in [0.05, 0.1) is 16.4 Å². The lowest BCUT2D eigenvalue weighted by molar-refractivity contribution is 0.766. The van der Waals surface area contributed by atoms with Crippen molar-refractivity contribution in [1.82, 2.24) is 19.3 Å². The molecule has 4 heteroatoms. The van der Waals surface area contributed by atoms with Gasteiger partial charge in [0.2, 0.25) is 0 Å². The van der Waals surface area contributed by atoms with Gasteiger partial charge in [-0.2, -0.15) is 0 Å². The SMILES string of the molecule is c1ccc(-c2nnc(-c3ccccc3)n2-c2ccc3c(c2)C(c2ccccc2)(c2ccccc2)c2cc(-n4c5ccccc5c5ccccc54)ccc2-3)cc1. The zero-order valence-electron chi connectivity index (χ0n) is 29.9. The number of para-hydroxylation sites is 2. The van der Waals surface area contributed by atoms with Crippen LogP contribution in [0.2, 0.25) is 0 Å². The monoisotopic (exact) mass is 702 g/mol. The molecule has 0 saturated heterocycles. The predicted octanol–water partition coefficient (Wildman–Crippen LogP) is 12.1. The third-order valence-electron chi connectivity index (χ3n) is 11.3. The number of aromatic nitrogens is 4. The molecule has 8 aromatic carbocycles. The van der Waals surface area contributed by atoms with Gasteiger partial charge in [0, 0.05) is 33.3 Å². The van der Waals surface area contributed by atoms with Crippen LogP contribution in [0.3, 0.4) is 0 Å². The van der Waals surface area contributed by atoms with Crippen LogP contribution in [0.15, 0.2) is 206 Å². The molecule has 0 atom stereocenters. The summed E-state index contributed by atoms with van der Waals surface area (Å²) in [5, 5.41) is 12.2. The van der Waals surface area contributed by atoms with Crippen molar-refractivity contribution in [3.05, 3.63) is 229 Å². The summed E-state index contributed by atoms with van der Waals surface area (Å²) >= 11 is 0. The molecule has 0 aliphatic heterocycles. The predicted molar refractivity (Wildman–Crippen MR) is 224 cm³/mol. The molecule has 1 aliphatic rings. The number of benzene rings is 8. The summed E-state index contributed by atoms with van der Waals surface area (Å²) in [6.07, 6.45) is 0. The van der Waals surface area contributed by atoms with E-state index in [0.717, 1.165) is 34.2 Å². The Hall–Kier alpha value is -7.30. The normalized spacial score (nSPS) is 12.9. The van der Waals surface area contributed by atoms with E-state index in [1.165, 1.54) is 55.2 Å². The summed E-state index contributed by atoms with van der Waals surface area (Å²) in [7, 11) is 0. The number of hydrogen-bond donors (Lipinski definition) is 0. The van der Waals surface area contributed by atoms with E-state index >= 15 is 0 Å². The van der Waals surface area contributed by atoms with E-state index in [0.29, 0.717) is 0 Å². The molecule has 1 aliphatic carbocycles. The highest BCUT2D eigenvalue weighted by Crippen LogP contribution is 2.57. The lowest BCUT2D eigenvalue weighted by Gasteiger charge is -2.34. The summed E-state index contributed by atoms with van der Waals surface area (Å²) in [4.78, 5) is 0. The molecule has 0 N–H and O–H groups in total. The fourth-order valence-electron chi connectivity index (χ4n) is 9.02. The Morgan fingerprint density at radius 1 is 0.345 bits per heavy atom. The quantitative estimate of drug-likeness (QED) is 0.173.